The number of hydrogen-bond donors (Lipinski definition) is 5. The summed E-state index contributed by atoms with van der Waals surface area (Å²) in [7, 11) is 0. The molecule has 5 rings (SSSR count). The molecule has 37 heavy (non-hydrogen) atoms. The number of hydrogen-bond acceptors (Lipinski definition) is 9. The molecule has 1 aromatic rings. The summed E-state index contributed by atoms with van der Waals surface area (Å²) in [6, 6.07) is 2.69. The van der Waals surface area contributed by atoms with Gasteiger partial charge in [-0.3, -0.25) is 4.90 Å². The minimum Gasteiger partial charge on any atom is -0.395 e. The number of β-amino-alcohol motifs (C(OH)–C–C–N with tert-alkyl or cyclic N) is 1. The maximum absolute atomic E-state index is 9.16. The van der Waals surface area contributed by atoms with Crippen molar-refractivity contribution in [3.05, 3.63) is 6.07 Å². The van der Waals surface area contributed by atoms with Gasteiger partial charge in [0.05, 0.1) is 6.61 Å². The molecule has 1 aliphatic heterocycles. The van der Waals surface area contributed by atoms with Gasteiger partial charge in [0.15, 0.2) is 0 Å². The average molecular weight is 515 g/mol. The Morgan fingerprint density at radius 2 is 1.70 bits per heavy atom. The zero-order valence-corrected chi connectivity index (χ0v) is 22.7. The normalized spacial score (nSPS) is 30.2. The van der Waals surface area contributed by atoms with E-state index in [9.17, 15) is 0 Å². The smallest absolute Gasteiger partial charge is 0.226 e. The fraction of sp³-hybridized carbons (Fsp3) is 0.857. The summed E-state index contributed by atoms with van der Waals surface area (Å²) in [5, 5.41) is 20.2. The topological polar surface area (TPSA) is 115 Å². The summed E-state index contributed by atoms with van der Waals surface area (Å²) in [6.07, 6.45) is 12.3. The number of fused-ring (bicyclic) bond motifs is 2. The number of nitrogens with zero attached hydrogens (tertiary/aromatic N) is 4. The molecular formula is C28H50N8O. The van der Waals surface area contributed by atoms with E-state index in [1.807, 2.05) is 6.07 Å². The molecule has 3 aliphatic carbocycles. The highest BCUT2D eigenvalue weighted by atomic mass is 16.3. The van der Waals surface area contributed by atoms with Crippen molar-refractivity contribution in [2.24, 2.45) is 23.7 Å². The number of aliphatic hydroxyl groups excluding tert-OH is 1. The molecule has 3 saturated carbocycles. The van der Waals surface area contributed by atoms with Crippen LogP contribution in [-0.4, -0.2) is 91.5 Å². The molecule has 0 spiro atoms. The summed E-state index contributed by atoms with van der Waals surface area (Å²) in [5.74, 6) is 5.58. The minimum atomic E-state index is 0.214. The van der Waals surface area contributed by atoms with E-state index in [1.165, 1.54) is 70.9 Å². The van der Waals surface area contributed by atoms with Crippen molar-refractivity contribution < 1.29 is 5.11 Å². The van der Waals surface area contributed by atoms with Gasteiger partial charge in [-0.2, -0.15) is 9.97 Å². The highest BCUT2D eigenvalue weighted by molar-refractivity contribution is 5.51. The highest BCUT2D eigenvalue weighted by Gasteiger charge is 2.38. The van der Waals surface area contributed by atoms with Crippen LogP contribution in [0.1, 0.15) is 57.8 Å². The Balaban J connectivity index is 0.941. The zero-order chi connectivity index (χ0) is 25.5. The fourth-order valence-electron chi connectivity index (χ4n) is 7.21. The largest absolute Gasteiger partial charge is 0.395 e. The van der Waals surface area contributed by atoms with Gasteiger partial charge in [-0.05, 0) is 94.7 Å². The molecule has 208 valence electrons. The van der Waals surface area contributed by atoms with E-state index in [0.717, 1.165) is 75.4 Å². The molecule has 2 bridgehead atoms. The van der Waals surface area contributed by atoms with Crippen LogP contribution < -0.4 is 26.6 Å². The average Bonchev–Trinajstić information content (AvgIpc) is 3.54. The quantitative estimate of drug-likeness (QED) is 0.253. The standard InChI is InChI=1S/C28H50N8O/c29-26-18-27(36-12-10-35(11-13-36)14-15-37)34-28(33-26)32-20-22-4-2-21(3-5-22)19-30-8-1-9-31-25-17-23-6-7-24(25)16-23/h18,21-25,30-31,37H,1-17,19-20H2,(H3,29,32,33,34)/t21?,22?,23-,24+,25+/m1/s1. The summed E-state index contributed by atoms with van der Waals surface area (Å²) in [6.45, 7) is 9.01. The van der Waals surface area contributed by atoms with Crippen LogP contribution in [0.4, 0.5) is 17.6 Å². The predicted octanol–water partition coefficient (Wildman–Crippen LogP) is 2.15. The Morgan fingerprint density at radius 3 is 2.41 bits per heavy atom. The van der Waals surface area contributed by atoms with E-state index in [2.05, 4.69) is 30.7 Å². The van der Waals surface area contributed by atoms with E-state index < -0.39 is 0 Å². The molecule has 4 aliphatic rings. The van der Waals surface area contributed by atoms with Gasteiger partial charge in [-0.1, -0.05) is 6.42 Å². The molecule has 1 aromatic heterocycles. The van der Waals surface area contributed by atoms with Crippen LogP contribution in [0.2, 0.25) is 0 Å². The molecular weight excluding hydrogens is 464 g/mol. The molecule has 0 unspecified atom stereocenters. The van der Waals surface area contributed by atoms with Gasteiger partial charge in [0.1, 0.15) is 11.6 Å². The number of rotatable bonds is 13. The number of nitrogens with two attached hydrogens (primary N) is 1. The maximum atomic E-state index is 9.16. The third-order valence-electron chi connectivity index (χ3n) is 9.47. The van der Waals surface area contributed by atoms with Crippen molar-refractivity contribution >= 4 is 17.6 Å². The first kappa shape index (κ1) is 26.9. The van der Waals surface area contributed by atoms with Crippen LogP contribution in [0.5, 0.6) is 0 Å². The lowest BCUT2D eigenvalue weighted by Crippen LogP contribution is -2.47. The van der Waals surface area contributed by atoms with Gasteiger partial charge in [-0.15, -0.1) is 0 Å². The van der Waals surface area contributed by atoms with Crippen LogP contribution in [0.3, 0.4) is 0 Å². The fourth-order valence-corrected chi connectivity index (χ4v) is 7.21. The molecule has 0 amide bonds. The Bertz CT molecular complexity index is 824. The zero-order valence-electron chi connectivity index (χ0n) is 22.7. The SMILES string of the molecule is Nc1cc(N2CCN(CCO)CC2)nc(NCC2CCC(CNCCCN[C@H]3C[C@@H]4CC[C@H]3C4)CC2)n1. The van der Waals surface area contributed by atoms with Crippen molar-refractivity contribution in [3.8, 4) is 0 Å². The molecule has 0 aromatic carbocycles. The lowest BCUT2D eigenvalue weighted by molar-refractivity contribution is 0.188. The first-order chi connectivity index (χ1) is 18.2. The molecule has 9 nitrogen and oxygen atoms in total. The van der Waals surface area contributed by atoms with Crippen LogP contribution in [0.15, 0.2) is 6.07 Å². The second kappa shape index (κ2) is 13.4. The molecule has 1 saturated heterocycles. The molecule has 2 heterocycles. The van der Waals surface area contributed by atoms with Gasteiger partial charge in [-0.25, -0.2) is 0 Å². The van der Waals surface area contributed by atoms with Crippen LogP contribution in [-0.2, 0) is 0 Å². The Kier molecular flexibility index (Phi) is 9.75. The first-order valence-corrected chi connectivity index (χ1v) is 15.1. The van der Waals surface area contributed by atoms with Crippen molar-refractivity contribution in [2.45, 2.75) is 63.8 Å². The van der Waals surface area contributed by atoms with Crippen molar-refractivity contribution in [2.75, 3.05) is 81.5 Å². The lowest BCUT2D eigenvalue weighted by atomic mass is 9.82. The van der Waals surface area contributed by atoms with Crippen molar-refractivity contribution in [1.82, 2.24) is 25.5 Å². The number of anilines is 3. The van der Waals surface area contributed by atoms with E-state index in [4.69, 9.17) is 15.8 Å². The van der Waals surface area contributed by atoms with Crippen LogP contribution in [0, 0.1) is 23.7 Å². The molecule has 9 heteroatoms. The van der Waals surface area contributed by atoms with Crippen LogP contribution >= 0.6 is 0 Å². The number of aliphatic hydroxyl groups is 1. The van der Waals surface area contributed by atoms with Gasteiger partial charge in [0.25, 0.3) is 0 Å². The number of aromatic nitrogens is 2. The first-order valence-electron chi connectivity index (χ1n) is 15.1. The van der Waals surface area contributed by atoms with Crippen molar-refractivity contribution in [1.29, 1.82) is 0 Å². The molecule has 0 radical (unpaired) electrons. The Hall–Kier alpha value is -1.68. The minimum absolute atomic E-state index is 0.214. The molecule has 3 atom stereocenters. The van der Waals surface area contributed by atoms with E-state index in [1.54, 1.807) is 0 Å². The summed E-state index contributed by atoms with van der Waals surface area (Å²) < 4.78 is 0. The summed E-state index contributed by atoms with van der Waals surface area (Å²) >= 11 is 0. The number of nitrogens with one attached hydrogen (secondary N) is 3. The van der Waals surface area contributed by atoms with Gasteiger partial charge in [0.2, 0.25) is 5.95 Å². The van der Waals surface area contributed by atoms with Crippen molar-refractivity contribution in [3.63, 3.8) is 0 Å². The molecule has 6 N–H and O–H groups in total. The summed E-state index contributed by atoms with van der Waals surface area (Å²) in [4.78, 5) is 13.8. The second-order valence-corrected chi connectivity index (χ2v) is 12.1. The van der Waals surface area contributed by atoms with Gasteiger partial charge >= 0.3 is 0 Å². The predicted molar refractivity (Wildman–Crippen MR) is 151 cm³/mol. The van der Waals surface area contributed by atoms with Gasteiger partial charge < -0.3 is 31.7 Å². The Labute approximate surface area is 223 Å². The van der Waals surface area contributed by atoms with E-state index in [-0.39, 0.29) is 6.61 Å². The molecule has 4 fully saturated rings. The second-order valence-electron chi connectivity index (χ2n) is 12.1. The Morgan fingerprint density at radius 1 is 0.919 bits per heavy atom. The highest BCUT2D eigenvalue weighted by Crippen LogP contribution is 2.44. The van der Waals surface area contributed by atoms with E-state index >= 15 is 0 Å². The van der Waals surface area contributed by atoms with Gasteiger partial charge in [0, 0.05) is 51.4 Å². The number of nitrogen functional groups attached to an aromatic ring is 1. The number of piperazine rings is 1. The van der Waals surface area contributed by atoms with Crippen LogP contribution in [0.25, 0.3) is 0 Å². The third-order valence-corrected chi connectivity index (χ3v) is 9.47. The maximum Gasteiger partial charge on any atom is 0.226 e. The lowest BCUT2D eigenvalue weighted by Gasteiger charge is -2.35. The monoisotopic (exact) mass is 514 g/mol. The summed E-state index contributed by atoms with van der Waals surface area (Å²) in [5.41, 5.74) is 6.12. The third kappa shape index (κ3) is 7.68. The van der Waals surface area contributed by atoms with E-state index in [0.29, 0.717) is 17.7 Å².